The summed E-state index contributed by atoms with van der Waals surface area (Å²) in [6, 6.07) is 7.28. The van der Waals surface area contributed by atoms with Gasteiger partial charge in [-0.25, -0.2) is 0 Å². The normalized spacial score (nSPS) is 17.3. The first kappa shape index (κ1) is 17.4. The Bertz CT molecular complexity index is 522. The Morgan fingerprint density at radius 3 is 2.57 bits per heavy atom. The Labute approximate surface area is 137 Å². The van der Waals surface area contributed by atoms with Crippen molar-refractivity contribution in [3.05, 3.63) is 35.4 Å². The summed E-state index contributed by atoms with van der Waals surface area (Å²) < 4.78 is 0. The highest BCUT2D eigenvalue weighted by atomic mass is 16.2. The van der Waals surface area contributed by atoms with E-state index in [1.807, 2.05) is 31.1 Å². The van der Waals surface area contributed by atoms with Crippen LogP contribution in [0.5, 0.6) is 0 Å². The highest BCUT2D eigenvalue weighted by Gasteiger charge is 2.21. The number of hydrogen-bond acceptors (Lipinski definition) is 4. The second-order valence-corrected chi connectivity index (χ2v) is 6.12. The zero-order valence-corrected chi connectivity index (χ0v) is 13.9. The minimum absolute atomic E-state index is 0.0491. The van der Waals surface area contributed by atoms with Gasteiger partial charge in [-0.2, -0.15) is 0 Å². The first-order valence-electron chi connectivity index (χ1n) is 8.09. The first-order chi connectivity index (χ1) is 11.1. The zero-order chi connectivity index (χ0) is 16.7. The maximum atomic E-state index is 12.0. The molecule has 1 saturated heterocycles. The SMILES string of the molecule is CN(C)CCNC(=O)c1ccc(CNC(=O)[C@@H]2CCCN2)cc1. The molecule has 0 aromatic heterocycles. The molecule has 126 valence electrons. The lowest BCUT2D eigenvalue weighted by atomic mass is 10.1. The molecule has 1 atom stereocenters. The molecule has 1 fully saturated rings. The van der Waals surface area contributed by atoms with E-state index in [-0.39, 0.29) is 17.9 Å². The van der Waals surface area contributed by atoms with Gasteiger partial charge in [0.2, 0.25) is 5.91 Å². The van der Waals surface area contributed by atoms with E-state index >= 15 is 0 Å². The minimum atomic E-state index is -0.0717. The monoisotopic (exact) mass is 318 g/mol. The molecule has 0 bridgehead atoms. The molecule has 0 unspecified atom stereocenters. The van der Waals surface area contributed by atoms with Crippen molar-refractivity contribution in [3.8, 4) is 0 Å². The fourth-order valence-electron chi connectivity index (χ4n) is 2.49. The van der Waals surface area contributed by atoms with Crippen molar-refractivity contribution in [3.63, 3.8) is 0 Å². The van der Waals surface area contributed by atoms with E-state index in [2.05, 4.69) is 16.0 Å². The van der Waals surface area contributed by atoms with Crippen molar-refractivity contribution in [2.24, 2.45) is 0 Å². The Morgan fingerprint density at radius 1 is 1.22 bits per heavy atom. The summed E-state index contributed by atoms with van der Waals surface area (Å²) in [7, 11) is 3.94. The average Bonchev–Trinajstić information content (AvgIpc) is 3.07. The van der Waals surface area contributed by atoms with Gasteiger partial charge in [-0.15, -0.1) is 0 Å². The molecule has 1 aliphatic rings. The molecule has 2 rings (SSSR count). The number of amides is 2. The van der Waals surface area contributed by atoms with Crippen molar-refractivity contribution >= 4 is 11.8 Å². The van der Waals surface area contributed by atoms with Gasteiger partial charge in [0.15, 0.2) is 0 Å². The molecular formula is C17H26N4O2. The summed E-state index contributed by atoms with van der Waals surface area (Å²) in [5, 5.41) is 8.98. The molecule has 1 aromatic carbocycles. The Kier molecular flexibility index (Phi) is 6.55. The van der Waals surface area contributed by atoms with Gasteiger partial charge >= 0.3 is 0 Å². The molecule has 0 spiro atoms. The zero-order valence-electron chi connectivity index (χ0n) is 13.9. The second-order valence-electron chi connectivity index (χ2n) is 6.12. The van der Waals surface area contributed by atoms with Crippen LogP contribution in [-0.4, -0.2) is 56.5 Å². The lowest BCUT2D eigenvalue weighted by Gasteiger charge is -2.12. The van der Waals surface area contributed by atoms with E-state index < -0.39 is 0 Å². The summed E-state index contributed by atoms with van der Waals surface area (Å²) in [5.74, 6) is -0.0226. The maximum absolute atomic E-state index is 12.0. The number of benzene rings is 1. The maximum Gasteiger partial charge on any atom is 0.251 e. The van der Waals surface area contributed by atoms with Crippen molar-refractivity contribution < 1.29 is 9.59 Å². The summed E-state index contributed by atoms with van der Waals surface area (Å²) in [4.78, 5) is 25.9. The lowest BCUT2D eigenvalue weighted by Crippen LogP contribution is -2.40. The second kappa shape index (κ2) is 8.64. The number of likely N-dealkylation sites (N-methyl/N-ethyl adjacent to an activating group) is 1. The Hall–Kier alpha value is -1.92. The highest BCUT2D eigenvalue weighted by Crippen LogP contribution is 2.07. The number of hydrogen-bond donors (Lipinski definition) is 3. The van der Waals surface area contributed by atoms with Crippen molar-refractivity contribution in [2.75, 3.05) is 33.7 Å². The van der Waals surface area contributed by atoms with Gasteiger partial charge in [0.25, 0.3) is 5.91 Å². The molecule has 3 N–H and O–H groups in total. The number of carbonyl (C=O) groups is 2. The van der Waals surface area contributed by atoms with Gasteiger partial charge < -0.3 is 20.9 Å². The van der Waals surface area contributed by atoms with Gasteiger partial charge in [0.1, 0.15) is 0 Å². The van der Waals surface area contributed by atoms with Crippen LogP contribution >= 0.6 is 0 Å². The average molecular weight is 318 g/mol. The predicted molar refractivity (Wildman–Crippen MR) is 90.2 cm³/mol. The van der Waals surface area contributed by atoms with Crippen LogP contribution < -0.4 is 16.0 Å². The van der Waals surface area contributed by atoms with E-state index in [0.717, 1.165) is 31.5 Å². The molecule has 23 heavy (non-hydrogen) atoms. The van der Waals surface area contributed by atoms with E-state index in [9.17, 15) is 9.59 Å². The summed E-state index contributed by atoms with van der Waals surface area (Å²) in [6.07, 6.45) is 1.95. The fraction of sp³-hybridized carbons (Fsp3) is 0.529. The molecule has 0 saturated carbocycles. The largest absolute Gasteiger partial charge is 0.351 e. The summed E-state index contributed by atoms with van der Waals surface area (Å²) in [6.45, 7) is 2.83. The molecule has 0 radical (unpaired) electrons. The molecule has 1 heterocycles. The van der Waals surface area contributed by atoms with E-state index in [4.69, 9.17) is 0 Å². The quantitative estimate of drug-likeness (QED) is 0.678. The first-order valence-corrected chi connectivity index (χ1v) is 8.09. The molecule has 6 nitrogen and oxygen atoms in total. The number of rotatable bonds is 7. The van der Waals surface area contributed by atoms with Crippen molar-refractivity contribution in [1.82, 2.24) is 20.9 Å². The smallest absolute Gasteiger partial charge is 0.251 e. The lowest BCUT2D eigenvalue weighted by molar-refractivity contribution is -0.122. The van der Waals surface area contributed by atoms with Crippen LogP contribution in [0.25, 0.3) is 0 Å². The third-order valence-electron chi connectivity index (χ3n) is 3.90. The molecular weight excluding hydrogens is 292 g/mol. The minimum Gasteiger partial charge on any atom is -0.351 e. The Morgan fingerprint density at radius 2 is 1.96 bits per heavy atom. The third-order valence-corrected chi connectivity index (χ3v) is 3.90. The Balaban J connectivity index is 1.77. The van der Waals surface area contributed by atoms with Crippen LogP contribution in [0.1, 0.15) is 28.8 Å². The molecule has 0 aliphatic carbocycles. The van der Waals surface area contributed by atoms with Crippen LogP contribution in [0.2, 0.25) is 0 Å². The number of carbonyl (C=O) groups excluding carboxylic acids is 2. The van der Waals surface area contributed by atoms with Crippen LogP contribution in [0.3, 0.4) is 0 Å². The van der Waals surface area contributed by atoms with Crippen LogP contribution in [-0.2, 0) is 11.3 Å². The van der Waals surface area contributed by atoms with Crippen LogP contribution in [0.15, 0.2) is 24.3 Å². The number of nitrogens with zero attached hydrogens (tertiary/aromatic N) is 1. The third kappa shape index (κ3) is 5.65. The van der Waals surface area contributed by atoms with Gasteiger partial charge in [0.05, 0.1) is 6.04 Å². The topological polar surface area (TPSA) is 73.5 Å². The van der Waals surface area contributed by atoms with Gasteiger partial charge in [-0.3, -0.25) is 9.59 Å². The molecule has 6 heteroatoms. The summed E-state index contributed by atoms with van der Waals surface area (Å²) >= 11 is 0. The van der Waals surface area contributed by atoms with Crippen molar-refractivity contribution in [1.29, 1.82) is 0 Å². The van der Waals surface area contributed by atoms with E-state index in [0.29, 0.717) is 18.7 Å². The molecule has 1 aliphatic heterocycles. The van der Waals surface area contributed by atoms with E-state index in [1.165, 1.54) is 0 Å². The fourth-order valence-corrected chi connectivity index (χ4v) is 2.49. The van der Waals surface area contributed by atoms with Gasteiger partial charge in [-0.05, 0) is 51.2 Å². The molecule has 2 amide bonds. The summed E-state index contributed by atoms with van der Waals surface area (Å²) in [5.41, 5.74) is 1.62. The predicted octanol–water partition coefficient (Wildman–Crippen LogP) is 0.346. The molecule has 1 aromatic rings. The van der Waals surface area contributed by atoms with Crippen molar-refractivity contribution in [2.45, 2.75) is 25.4 Å². The van der Waals surface area contributed by atoms with Gasteiger partial charge in [0, 0.05) is 25.2 Å². The van der Waals surface area contributed by atoms with E-state index in [1.54, 1.807) is 12.1 Å². The number of nitrogens with one attached hydrogen (secondary N) is 3. The highest BCUT2D eigenvalue weighted by molar-refractivity contribution is 5.94. The van der Waals surface area contributed by atoms with Gasteiger partial charge in [-0.1, -0.05) is 12.1 Å². The van der Waals surface area contributed by atoms with Crippen LogP contribution in [0.4, 0.5) is 0 Å². The van der Waals surface area contributed by atoms with Crippen LogP contribution in [0, 0.1) is 0 Å². The standard InChI is InChI=1S/C17H26N4O2/c1-21(2)11-10-19-16(22)14-7-5-13(6-8-14)12-20-17(23)15-4-3-9-18-15/h5-8,15,18H,3-4,9-12H2,1-2H3,(H,19,22)(H,20,23)/t15-/m0/s1.